The second kappa shape index (κ2) is 6.02. The van der Waals surface area contributed by atoms with Crippen LogP contribution in [0.1, 0.15) is 23.6 Å². The van der Waals surface area contributed by atoms with Crippen LogP contribution < -0.4 is 5.32 Å². The number of rotatable bonds is 5. The van der Waals surface area contributed by atoms with Gasteiger partial charge in [-0.3, -0.25) is 0 Å². The highest BCUT2D eigenvalue weighted by Gasteiger charge is 2.05. The van der Waals surface area contributed by atoms with Crippen molar-refractivity contribution >= 4 is 0 Å². The van der Waals surface area contributed by atoms with Crippen LogP contribution in [0.2, 0.25) is 0 Å². The van der Waals surface area contributed by atoms with E-state index in [1.807, 2.05) is 0 Å². The van der Waals surface area contributed by atoms with E-state index in [1.54, 1.807) is 0 Å². The summed E-state index contributed by atoms with van der Waals surface area (Å²) in [7, 11) is 4.22. The van der Waals surface area contributed by atoms with Gasteiger partial charge in [-0.25, -0.2) is 0 Å². The first-order chi connectivity index (χ1) is 7.50. The van der Waals surface area contributed by atoms with Gasteiger partial charge >= 0.3 is 0 Å². The Labute approximate surface area is 99.7 Å². The van der Waals surface area contributed by atoms with Gasteiger partial charge in [0, 0.05) is 19.1 Å². The van der Waals surface area contributed by atoms with Gasteiger partial charge in [0.1, 0.15) is 0 Å². The van der Waals surface area contributed by atoms with E-state index in [-0.39, 0.29) is 0 Å². The predicted octanol–water partition coefficient (Wildman–Crippen LogP) is 2.34. The number of nitrogens with zero attached hydrogens (tertiary/aromatic N) is 1. The molecule has 16 heavy (non-hydrogen) atoms. The minimum Gasteiger partial charge on any atom is -0.309 e. The fourth-order valence-electron chi connectivity index (χ4n) is 2.02. The second-order valence-corrected chi connectivity index (χ2v) is 4.91. The predicted molar refractivity (Wildman–Crippen MR) is 70.8 cm³/mol. The zero-order valence-electron chi connectivity index (χ0n) is 11.2. The van der Waals surface area contributed by atoms with Gasteiger partial charge in [0.15, 0.2) is 0 Å². The van der Waals surface area contributed by atoms with Gasteiger partial charge in [0.2, 0.25) is 0 Å². The van der Waals surface area contributed by atoms with Crippen LogP contribution in [0.25, 0.3) is 0 Å². The lowest BCUT2D eigenvalue weighted by atomic mass is 10.0. The first-order valence-electron chi connectivity index (χ1n) is 5.94. The molecule has 0 heterocycles. The summed E-state index contributed by atoms with van der Waals surface area (Å²) in [5, 5.41) is 3.57. The van der Waals surface area contributed by atoms with Crippen LogP contribution in [0.3, 0.4) is 0 Å². The highest BCUT2D eigenvalue weighted by atomic mass is 15.1. The largest absolute Gasteiger partial charge is 0.309 e. The zero-order chi connectivity index (χ0) is 12.1. The van der Waals surface area contributed by atoms with Crippen LogP contribution in [0.4, 0.5) is 0 Å². The average Bonchev–Trinajstić information content (AvgIpc) is 2.15. The molecule has 1 unspecified atom stereocenters. The van der Waals surface area contributed by atoms with E-state index in [0.29, 0.717) is 6.04 Å². The Hall–Kier alpha value is -0.860. The summed E-state index contributed by atoms with van der Waals surface area (Å²) in [6, 6.07) is 7.01. The summed E-state index contributed by atoms with van der Waals surface area (Å²) in [6.07, 6.45) is 0. The average molecular weight is 220 g/mol. The lowest BCUT2D eigenvalue weighted by Crippen LogP contribution is -2.35. The van der Waals surface area contributed by atoms with Gasteiger partial charge in [-0.2, -0.15) is 0 Å². The molecule has 1 rings (SSSR count). The summed E-state index contributed by atoms with van der Waals surface area (Å²) >= 11 is 0. The van der Waals surface area contributed by atoms with Gasteiger partial charge in [-0.1, -0.05) is 18.2 Å². The van der Waals surface area contributed by atoms with Crippen LogP contribution in [0.5, 0.6) is 0 Å². The molecule has 0 aliphatic heterocycles. The summed E-state index contributed by atoms with van der Waals surface area (Å²) in [4.78, 5) is 2.21. The summed E-state index contributed by atoms with van der Waals surface area (Å²) in [6.45, 7) is 8.63. The molecule has 0 aromatic heterocycles. The molecule has 0 saturated carbocycles. The highest BCUT2D eigenvalue weighted by molar-refractivity contribution is 5.33. The molecule has 1 N–H and O–H groups in total. The SMILES string of the molecule is Cc1cccc(C)c1CNC(C)CN(C)C. The second-order valence-electron chi connectivity index (χ2n) is 4.91. The Morgan fingerprint density at radius 1 is 1.19 bits per heavy atom. The van der Waals surface area contributed by atoms with E-state index in [2.05, 4.69) is 63.3 Å². The van der Waals surface area contributed by atoms with Crippen LogP contribution >= 0.6 is 0 Å². The van der Waals surface area contributed by atoms with Crippen molar-refractivity contribution in [3.05, 3.63) is 34.9 Å². The molecule has 0 amide bonds. The highest BCUT2D eigenvalue weighted by Crippen LogP contribution is 2.12. The van der Waals surface area contributed by atoms with E-state index in [1.165, 1.54) is 16.7 Å². The topological polar surface area (TPSA) is 15.3 Å². The number of hydrogen-bond acceptors (Lipinski definition) is 2. The van der Waals surface area contributed by atoms with Crippen LogP contribution in [-0.2, 0) is 6.54 Å². The van der Waals surface area contributed by atoms with E-state index >= 15 is 0 Å². The molecule has 1 atom stereocenters. The number of benzene rings is 1. The Balaban J connectivity index is 2.54. The van der Waals surface area contributed by atoms with Crippen molar-refractivity contribution in [2.45, 2.75) is 33.4 Å². The smallest absolute Gasteiger partial charge is 0.0213 e. The van der Waals surface area contributed by atoms with Crippen molar-refractivity contribution in [1.29, 1.82) is 0 Å². The zero-order valence-corrected chi connectivity index (χ0v) is 11.2. The molecule has 2 heteroatoms. The molecular weight excluding hydrogens is 196 g/mol. The third kappa shape index (κ3) is 3.95. The van der Waals surface area contributed by atoms with Gasteiger partial charge in [-0.15, -0.1) is 0 Å². The molecule has 0 aliphatic rings. The summed E-state index contributed by atoms with van der Waals surface area (Å²) < 4.78 is 0. The standard InChI is InChI=1S/C14H24N2/c1-11-7-6-8-12(2)14(11)9-15-13(3)10-16(4)5/h6-8,13,15H,9-10H2,1-5H3. The van der Waals surface area contributed by atoms with Gasteiger partial charge in [0.05, 0.1) is 0 Å². The van der Waals surface area contributed by atoms with Crippen molar-refractivity contribution in [3.63, 3.8) is 0 Å². The molecule has 90 valence electrons. The van der Waals surface area contributed by atoms with Crippen molar-refractivity contribution in [2.24, 2.45) is 0 Å². The monoisotopic (exact) mass is 220 g/mol. The maximum atomic E-state index is 3.57. The first-order valence-corrected chi connectivity index (χ1v) is 5.94. The van der Waals surface area contributed by atoms with Crippen molar-refractivity contribution in [3.8, 4) is 0 Å². The molecule has 0 bridgehead atoms. The lowest BCUT2D eigenvalue weighted by Gasteiger charge is -2.19. The molecule has 0 fully saturated rings. The lowest BCUT2D eigenvalue weighted by molar-refractivity contribution is 0.349. The fourth-order valence-corrected chi connectivity index (χ4v) is 2.02. The number of nitrogens with one attached hydrogen (secondary N) is 1. The first kappa shape index (κ1) is 13.2. The quantitative estimate of drug-likeness (QED) is 0.819. The van der Waals surface area contributed by atoms with E-state index in [4.69, 9.17) is 0 Å². The van der Waals surface area contributed by atoms with Gasteiger partial charge in [-0.05, 0) is 51.6 Å². The normalized spacial score (nSPS) is 13.1. The van der Waals surface area contributed by atoms with Crippen molar-refractivity contribution in [2.75, 3.05) is 20.6 Å². The molecule has 0 spiro atoms. The molecule has 0 radical (unpaired) electrons. The molecule has 1 aromatic rings. The van der Waals surface area contributed by atoms with Crippen molar-refractivity contribution < 1.29 is 0 Å². The number of aryl methyl sites for hydroxylation is 2. The Kier molecular flexibility index (Phi) is 4.97. The molecule has 0 aliphatic carbocycles. The minimum absolute atomic E-state index is 0.522. The van der Waals surface area contributed by atoms with Crippen LogP contribution in [0, 0.1) is 13.8 Å². The van der Waals surface area contributed by atoms with E-state index in [0.717, 1.165) is 13.1 Å². The Morgan fingerprint density at radius 2 is 1.75 bits per heavy atom. The van der Waals surface area contributed by atoms with Crippen molar-refractivity contribution in [1.82, 2.24) is 10.2 Å². The van der Waals surface area contributed by atoms with Gasteiger partial charge < -0.3 is 10.2 Å². The number of hydrogen-bond donors (Lipinski definition) is 1. The summed E-state index contributed by atoms with van der Waals surface area (Å²) in [5.74, 6) is 0. The van der Waals surface area contributed by atoms with Gasteiger partial charge in [0.25, 0.3) is 0 Å². The number of likely N-dealkylation sites (N-methyl/N-ethyl adjacent to an activating group) is 1. The molecule has 2 nitrogen and oxygen atoms in total. The fraction of sp³-hybridized carbons (Fsp3) is 0.571. The third-order valence-corrected chi connectivity index (χ3v) is 2.91. The third-order valence-electron chi connectivity index (χ3n) is 2.91. The maximum absolute atomic E-state index is 3.57. The molecular formula is C14H24N2. The van der Waals surface area contributed by atoms with Crippen LogP contribution in [-0.4, -0.2) is 31.6 Å². The van der Waals surface area contributed by atoms with Crippen LogP contribution in [0.15, 0.2) is 18.2 Å². The molecule has 1 aromatic carbocycles. The van der Waals surface area contributed by atoms with E-state index in [9.17, 15) is 0 Å². The summed E-state index contributed by atoms with van der Waals surface area (Å²) in [5.41, 5.74) is 4.20. The minimum atomic E-state index is 0.522. The Bertz CT molecular complexity index is 311. The Morgan fingerprint density at radius 3 is 2.25 bits per heavy atom. The van der Waals surface area contributed by atoms with E-state index < -0.39 is 0 Å². The molecule has 0 saturated heterocycles. The maximum Gasteiger partial charge on any atom is 0.0213 e.